The van der Waals surface area contributed by atoms with Gasteiger partial charge in [-0.2, -0.15) is 0 Å². The maximum absolute atomic E-state index is 2.35. The van der Waals surface area contributed by atoms with Crippen LogP contribution in [0.1, 0.15) is 0 Å². The predicted octanol–water partition coefficient (Wildman–Crippen LogP) is 15.9. The van der Waals surface area contributed by atoms with Gasteiger partial charge in [0.1, 0.15) is 0 Å². The van der Waals surface area contributed by atoms with E-state index in [-0.39, 0.29) is 0 Å². The summed E-state index contributed by atoms with van der Waals surface area (Å²) in [5, 5.41) is 2.66. The molecule has 0 bridgehead atoms. The molecule has 2 heteroatoms. The minimum atomic E-state index is 1.11. The average Bonchev–Trinajstić information content (AvgIpc) is 3.67. The van der Waals surface area contributed by atoms with E-state index in [4.69, 9.17) is 0 Å². The Hall–Kier alpha value is -7.00. The van der Waals surface area contributed by atoms with Gasteiger partial charge in [-0.3, -0.25) is 0 Å². The fourth-order valence-electron chi connectivity index (χ4n) is 7.83. The SMILES string of the molecule is c1ccc(-c2ccc(N(c3ccc(-c4ccc(-c5cccc(-c6cccc7c6sc6ccccc67)c5)cc4)cc3)c3cccc(-c4ccccc4)c3)cc2)cc1. The summed E-state index contributed by atoms with van der Waals surface area (Å²) in [4.78, 5) is 2.35. The summed E-state index contributed by atoms with van der Waals surface area (Å²) in [5.41, 5.74) is 15.5. The van der Waals surface area contributed by atoms with Gasteiger partial charge in [0.05, 0.1) is 0 Å². The van der Waals surface area contributed by atoms with Crippen molar-refractivity contribution in [1.29, 1.82) is 0 Å². The lowest BCUT2D eigenvalue weighted by molar-refractivity contribution is 1.28. The molecule has 9 aromatic carbocycles. The third kappa shape index (κ3) is 6.47. The molecule has 0 fully saturated rings. The summed E-state index contributed by atoms with van der Waals surface area (Å²) in [5.74, 6) is 0. The second kappa shape index (κ2) is 14.7. The Bertz CT molecular complexity index is 2930. The second-order valence-corrected chi connectivity index (χ2v) is 15.2. The lowest BCUT2D eigenvalue weighted by Crippen LogP contribution is -2.10. The lowest BCUT2D eigenvalue weighted by atomic mass is 9.96. The monoisotopic (exact) mass is 731 g/mol. The minimum absolute atomic E-state index is 1.11. The topological polar surface area (TPSA) is 3.24 Å². The highest BCUT2D eigenvalue weighted by atomic mass is 32.1. The molecule has 0 aliphatic rings. The molecule has 0 saturated carbocycles. The van der Waals surface area contributed by atoms with Crippen LogP contribution < -0.4 is 4.90 Å². The molecule has 1 aromatic heterocycles. The molecule has 0 radical (unpaired) electrons. The van der Waals surface area contributed by atoms with Crippen molar-refractivity contribution < 1.29 is 0 Å². The van der Waals surface area contributed by atoms with Gasteiger partial charge in [0.15, 0.2) is 0 Å². The van der Waals surface area contributed by atoms with E-state index >= 15 is 0 Å². The number of rotatable bonds is 8. The summed E-state index contributed by atoms with van der Waals surface area (Å²) in [6, 6.07) is 81.1. The maximum atomic E-state index is 2.35. The molecule has 0 N–H and O–H groups in total. The number of anilines is 3. The van der Waals surface area contributed by atoms with Crippen molar-refractivity contribution in [3.8, 4) is 55.6 Å². The van der Waals surface area contributed by atoms with Gasteiger partial charge in [0, 0.05) is 37.2 Å². The van der Waals surface area contributed by atoms with E-state index in [9.17, 15) is 0 Å². The molecule has 10 aromatic rings. The van der Waals surface area contributed by atoms with E-state index in [0.717, 1.165) is 17.1 Å². The van der Waals surface area contributed by atoms with E-state index in [1.165, 1.54) is 75.8 Å². The number of benzene rings is 9. The quantitative estimate of drug-likeness (QED) is 0.150. The van der Waals surface area contributed by atoms with Crippen molar-refractivity contribution in [3.05, 3.63) is 224 Å². The van der Waals surface area contributed by atoms with Crippen LogP contribution in [0.15, 0.2) is 224 Å². The van der Waals surface area contributed by atoms with Crippen LogP contribution in [0.2, 0.25) is 0 Å². The summed E-state index contributed by atoms with van der Waals surface area (Å²) < 4.78 is 2.67. The molecule has 0 amide bonds. The Kier molecular flexibility index (Phi) is 8.79. The number of nitrogens with zero attached hydrogens (tertiary/aromatic N) is 1. The zero-order valence-electron chi connectivity index (χ0n) is 30.7. The fraction of sp³-hybridized carbons (Fsp3) is 0. The van der Waals surface area contributed by atoms with Crippen molar-refractivity contribution in [2.45, 2.75) is 0 Å². The third-order valence-electron chi connectivity index (χ3n) is 10.7. The maximum Gasteiger partial charge on any atom is 0.0467 e. The average molecular weight is 732 g/mol. The zero-order chi connectivity index (χ0) is 37.3. The molecule has 0 atom stereocenters. The van der Waals surface area contributed by atoms with Gasteiger partial charge in [0.2, 0.25) is 0 Å². The second-order valence-electron chi connectivity index (χ2n) is 14.2. The first-order valence-corrected chi connectivity index (χ1v) is 19.9. The van der Waals surface area contributed by atoms with E-state index in [2.05, 4.69) is 229 Å². The number of thiophene rings is 1. The molecule has 1 nitrogen and oxygen atoms in total. The first kappa shape index (κ1) is 33.6. The summed E-state index contributed by atoms with van der Waals surface area (Å²) in [6.07, 6.45) is 0. The Labute approximate surface area is 332 Å². The normalized spacial score (nSPS) is 11.2. The van der Waals surface area contributed by atoms with E-state index in [1.807, 2.05) is 11.3 Å². The Balaban J connectivity index is 0.954. The van der Waals surface area contributed by atoms with E-state index in [0.29, 0.717) is 0 Å². The van der Waals surface area contributed by atoms with Gasteiger partial charge in [0.25, 0.3) is 0 Å². The van der Waals surface area contributed by atoms with Gasteiger partial charge >= 0.3 is 0 Å². The third-order valence-corrected chi connectivity index (χ3v) is 11.9. The predicted molar refractivity (Wildman–Crippen MR) is 241 cm³/mol. The molecular weight excluding hydrogens is 695 g/mol. The highest BCUT2D eigenvalue weighted by molar-refractivity contribution is 7.26. The first-order valence-electron chi connectivity index (χ1n) is 19.1. The molecule has 56 heavy (non-hydrogen) atoms. The van der Waals surface area contributed by atoms with E-state index < -0.39 is 0 Å². The molecule has 0 saturated heterocycles. The molecule has 10 rings (SSSR count). The Morgan fingerprint density at radius 1 is 0.268 bits per heavy atom. The van der Waals surface area contributed by atoms with Crippen molar-refractivity contribution in [1.82, 2.24) is 0 Å². The van der Waals surface area contributed by atoms with Gasteiger partial charge in [-0.25, -0.2) is 0 Å². The number of hydrogen-bond donors (Lipinski definition) is 0. The molecule has 0 aliphatic carbocycles. The van der Waals surface area contributed by atoms with Crippen molar-refractivity contribution >= 4 is 48.6 Å². The number of hydrogen-bond acceptors (Lipinski definition) is 2. The van der Waals surface area contributed by atoms with Gasteiger partial charge in [-0.15, -0.1) is 11.3 Å². The molecule has 0 unspecified atom stereocenters. The highest BCUT2D eigenvalue weighted by Gasteiger charge is 2.15. The van der Waals surface area contributed by atoms with Crippen molar-refractivity contribution in [3.63, 3.8) is 0 Å². The molecule has 1 heterocycles. The van der Waals surface area contributed by atoms with Crippen LogP contribution >= 0.6 is 11.3 Å². The van der Waals surface area contributed by atoms with Crippen LogP contribution in [0.3, 0.4) is 0 Å². The molecule has 0 spiro atoms. The van der Waals surface area contributed by atoms with Crippen molar-refractivity contribution in [2.24, 2.45) is 0 Å². The molecule has 0 aliphatic heterocycles. The molecular formula is C54H37NS. The Morgan fingerprint density at radius 3 is 1.34 bits per heavy atom. The van der Waals surface area contributed by atoms with E-state index in [1.54, 1.807) is 0 Å². The lowest BCUT2D eigenvalue weighted by Gasteiger charge is -2.26. The van der Waals surface area contributed by atoms with Gasteiger partial charge in [-0.05, 0) is 104 Å². The van der Waals surface area contributed by atoms with Crippen LogP contribution in [-0.4, -0.2) is 0 Å². The van der Waals surface area contributed by atoms with Crippen LogP contribution in [0.25, 0.3) is 75.8 Å². The van der Waals surface area contributed by atoms with Gasteiger partial charge in [-0.1, -0.05) is 176 Å². The van der Waals surface area contributed by atoms with Crippen molar-refractivity contribution in [2.75, 3.05) is 4.90 Å². The smallest absolute Gasteiger partial charge is 0.0467 e. The standard InChI is InChI=1S/C54H37NS/c1-3-12-38(13-4-1)41-28-32-47(33-29-41)55(49-19-10-17-45(37-49)39-14-5-2-6-15-39)48-34-30-42(31-35-48)40-24-26-43(27-25-40)44-16-9-18-46(36-44)50-21-11-22-52-51-20-7-8-23-53(51)56-54(50)52/h1-37H. The van der Waals surface area contributed by atoms with Crippen LogP contribution in [0.4, 0.5) is 17.1 Å². The van der Waals surface area contributed by atoms with Crippen LogP contribution in [-0.2, 0) is 0 Å². The zero-order valence-corrected chi connectivity index (χ0v) is 31.5. The summed E-state index contributed by atoms with van der Waals surface area (Å²) in [6.45, 7) is 0. The van der Waals surface area contributed by atoms with Crippen LogP contribution in [0, 0.1) is 0 Å². The summed E-state index contributed by atoms with van der Waals surface area (Å²) in [7, 11) is 0. The minimum Gasteiger partial charge on any atom is -0.310 e. The fourth-order valence-corrected chi connectivity index (χ4v) is 9.07. The number of fused-ring (bicyclic) bond motifs is 3. The van der Waals surface area contributed by atoms with Gasteiger partial charge < -0.3 is 4.90 Å². The first-order chi connectivity index (χ1) is 27.7. The largest absolute Gasteiger partial charge is 0.310 e. The summed E-state index contributed by atoms with van der Waals surface area (Å²) >= 11 is 1.88. The highest BCUT2D eigenvalue weighted by Crippen LogP contribution is 2.41. The Morgan fingerprint density at radius 2 is 0.696 bits per heavy atom. The van der Waals surface area contributed by atoms with Crippen LogP contribution in [0.5, 0.6) is 0 Å². The molecule has 264 valence electrons.